The molecule has 0 fully saturated rings. The molecule has 1 rings (SSSR count). The number of hydrogen-bond acceptors (Lipinski definition) is 1. The highest BCUT2D eigenvalue weighted by Gasteiger charge is 2.21. The fraction of sp³-hybridized carbons (Fsp3) is 0.455. The Morgan fingerprint density at radius 3 is 2.21 bits per heavy atom. The van der Waals surface area contributed by atoms with Crippen LogP contribution in [0.1, 0.15) is 5.56 Å². The maximum atomic E-state index is 3.62. The Kier molecular flexibility index (Phi) is 3.43. The Hall–Kier alpha value is -0.283. The van der Waals surface area contributed by atoms with E-state index in [9.17, 15) is 0 Å². The minimum atomic E-state index is -1.25. The van der Waals surface area contributed by atoms with Crippen LogP contribution in [0.2, 0.25) is 19.6 Å². The zero-order valence-electron chi connectivity index (χ0n) is 9.56. The topological polar surface area (TPSA) is 3.24 Å². The minimum Gasteiger partial charge on any atom is -0.400 e. The van der Waals surface area contributed by atoms with Crippen molar-refractivity contribution in [2.24, 2.45) is 0 Å². The Morgan fingerprint density at radius 2 is 1.79 bits per heavy atom. The molecular formula is C11H18BrNSi. The lowest BCUT2D eigenvalue weighted by Gasteiger charge is -2.33. The summed E-state index contributed by atoms with van der Waals surface area (Å²) >= 11 is 3.62. The molecule has 78 valence electrons. The van der Waals surface area contributed by atoms with Crippen molar-refractivity contribution >= 4 is 29.9 Å². The molecule has 0 amide bonds. The van der Waals surface area contributed by atoms with Gasteiger partial charge in [-0.05, 0) is 47.6 Å². The largest absolute Gasteiger partial charge is 0.400 e. The minimum absolute atomic E-state index is 1.20. The molecule has 0 saturated carbocycles. The van der Waals surface area contributed by atoms with E-state index in [0.29, 0.717) is 0 Å². The molecule has 1 aromatic carbocycles. The van der Waals surface area contributed by atoms with Crippen molar-refractivity contribution in [3.63, 3.8) is 0 Å². The normalized spacial score (nSPS) is 11.6. The molecule has 0 atom stereocenters. The van der Waals surface area contributed by atoms with Crippen molar-refractivity contribution in [3.05, 3.63) is 28.2 Å². The van der Waals surface area contributed by atoms with Gasteiger partial charge in [0.15, 0.2) is 0 Å². The second-order valence-electron chi connectivity index (χ2n) is 4.68. The monoisotopic (exact) mass is 271 g/mol. The Balaban J connectivity index is 3.08. The average molecular weight is 272 g/mol. The lowest BCUT2D eigenvalue weighted by molar-refractivity contribution is 1.23. The van der Waals surface area contributed by atoms with Gasteiger partial charge in [-0.25, -0.2) is 0 Å². The van der Waals surface area contributed by atoms with E-state index in [1.54, 1.807) is 0 Å². The molecule has 0 N–H and O–H groups in total. The molecule has 0 heterocycles. The molecule has 1 aromatic rings. The summed E-state index contributed by atoms with van der Waals surface area (Å²) in [5.74, 6) is 0. The summed E-state index contributed by atoms with van der Waals surface area (Å²) in [6, 6.07) is 6.53. The molecule has 0 bridgehead atoms. The van der Waals surface area contributed by atoms with Crippen LogP contribution in [0.15, 0.2) is 22.7 Å². The second-order valence-corrected chi connectivity index (χ2v) is 10.6. The fourth-order valence-electron chi connectivity index (χ4n) is 1.25. The van der Waals surface area contributed by atoms with E-state index in [1.165, 1.54) is 15.7 Å². The summed E-state index contributed by atoms with van der Waals surface area (Å²) in [4.78, 5) is 0. The van der Waals surface area contributed by atoms with Crippen LogP contribution in [0.5, 0.6) is 0 Å². The molecule has 0 aliphatic rings. The Morgan fingerprint density at radius 1 is 1.21 bits per heavy atom. The summed E-state index contributed by atoms with van der Waals surface area (Å²) in [5, 5.41) is 0. The van der Waals surface area contributed by atoms with Gasteiger partial charge in [0.1, 0.15) is 8.24 Å². The van der Waals surface area contributed by atoms with Crippen LogP contribution >= 0.6 is 15.9 Å². The lowest BCUT2D eigenvalue weighted by atomic mass is 10.2. The summed E-state index contributed by atoms with van der Waals surface area (Å²) < 4.78 is 3.61. The molecule has 0 aliphatic carbocycles. The maximum absolute atomic E-state index is 3.62. The zero-order chi connectivity index (χ0) is 10.9. The first-order valence-electron chi connectivity index (χ1n) is 4.82. The molecule has 0 aromatic heterocycles. The predicted octanol–water partition coefficient (Wildman–Crippen LogP) is 4.03. The van der Waals surface area contributed by atoms with E-state index in [0.717, 1.165) is 0 Å². The smallest absolute Gasteiger partial charge is 0.147 e. The van der Waals surface area contributed by atoms with Crippen molar-refractivity contribution in [2.45, 2.75) is 26.6 Å². The van der Waals surface area contributed by atoms with Crippen LogP contribution in [0, 0.1) is 6.92 Å². The summed E-state index contributed by atoms with van der Waals surface area (Å²) in [6.45, 7) is 9.15. The average Bonchev–Trinajstić information content (AvgIpc) is 2.01. The van der Waals surface area contributed by atoms with Gasteiger partial charge in [0.2, 0.25) is 0 Å². The fourth-order valence-corrected chi connectivity index (χ4v) is 3.09. The van der Waals surface area contributed by atoms with Gasteiger partial charge < -0.3 is 4.57 Å². The first-order valence-corrected chi connectivity index (χ1v) is 9.06. The van der Waals surface area contributed by atoms with Crippen molar-refractivity contribution in [2.75, 3.05) is 11.6 Å². The van der Waals surface area contributed by atoms with E-state index >= 15 is 0 Å². The van der Waals surface area contributed by atoms with Crippen LogP contribution in [0.4, 0.5) is 5.69 Å². The molecular weight excluding hydrogens is 254 g/mol. The lowest BCUT2D eigenvalue weighted by Crippen LogP contribution is -2.43. The number of hydrogen-bond donors (Lipinski definition) is 0. The molecule has 3 heteroatoms. The maximum Gasteiger partial charge on any atom is 0.147 e. The van der Waals surface area contributed by atoms with E-state index in [-0.39, 0.29) is 0 Å². The molecule has 0 radical (unpaired) electrons. The van der Waals surface area contributed by atoms with Gasteiger partial charge in [-0.1, -0.05) is 25.7 Å². The summed E-state index contributed by atoms with van der Waals surface area (Å²) in [6.07, 6.45) is 0. The molecule has 14 heavy (non-hydrogen) atoms. The van der Waals surface area contributed by atoms with E-state index in [4.69, 9.17) is 0 Å². The van der Waals surface area contributed by atoms with Gasteiger partial charge in [-0.15, -0.1) is 0 Å². The third-order valence-electron chi connectivity index (χ3n) is 2.47. The van der Waals surface area contributed by atoms with Crippen molar-refractivity contribution in [1.82, 2.24) is 0 Å². The van der Waals surface area contributed by atoms with Gasteiger partial charge in [-0.2, -0.15) is 0 Å². The predicted molar refractivity (Wildman–Crippen MR) is 70.6 cm³/mol. The van der Waals surface area contributed by atoms with E-state index in [2.05, 4.69) is 72.3 Å². The first kappa shape index (κ1) is 11.8. The summed E-state index contributed by atoms with van der Waals surface area (Å²) in [7, 11) is 0.935. The van der Waals surface area contributed by atoms with Gasteiger partial charge in [0.05, 0.1) is 0 Å². The van der Waals surface area contributed by atoms with Gasteiger partial charge in [0, 0.05) is 10.2 Å². The number of rotatable bonds is 2. The van der Waals surface area contributed by atoms with Crippen molar-refractivity contribution in [1.29, 1.82) is 0 Å². The standard InChI is InChI=1S/C11H18BrNSi/c1-9-6-7-11(10(12)8-9)13(2)14(3,4)5/h6-8H,1-5H3. The Labute approximate surface area is 96.3 Å². The second kappa shape index (κ2) is 4.07. The van der Waals surface area contributed by atoms with Gasteiger partial charge in [-0.3, -0.25) is 0 Å². The highest BCUT2D eigenvalue weighted by Crippen LogP contribution is 2.29. The molecule has 1 nitrogen and oxygen atoms in total. The number of aryl methyl sites for hydroxylation is 1. The molecule has 0 aliphatic heterocycles. The van der Waals surface area contributed by atoms with Crippen LogP contribution in [0.25, 0.3) is 0 Å². The SMILES string of the molecule is Cc1ccc(N(C)[Si](C)(C)C)c(Br)c1. The quantitative estimate of drug-likeness (QED) is 0.735. The van der Waals surface area contributed by atoms with Crippen molar-refractivity contribution in [3.8, 4) is 0 Å². The third-order valence-corrected chi connectivity index (χ3v) is 5.36. The zero-order valence-corrected chi connectivity index (χ0v) is 12.1. The van der Waals surface area contributed by atoms with Gasteiger partial charge in [0.25, 0.3) is 0 Å². The molecule has 0 unspecified atom stereocenters. The van der Waals surface area contributed by atoms with Gasteiger partial charge >= 0.3 is 0 Å². The third kappa shape index (κ3) is 2.61. The van der Waals surface area contributed by atoms with Crippen molar-refractivity contribution < 1.29 is 0 Å². The molecule has 0 saturated heterocycles. The van der Waals surface area contributed by atoms with Crippen LogP contribution < -0.4 is 4.57 Å². The van der Waals surface area contributed by atoms with E-state index in [1.807, 2.05) is 0 Å². The van der Waals surface area contributed by atoms with Crippen LogP contribution in [-0.4, -0.2) is 15.3 Å². The number of halogens is 1. The van der Waals surface area contributed by atoms with Crippen LogP contribution in [-0.2, 0) is 0 Å². The number of nitrogens with zero attached hydrogens (tertiary/aromatic N) is 1. The molecule has 0 spiro atoms. The number of anilines is 1. The van der Waals surface area contributed by atoms with Crippen LogP contribution in [0.3, 0.4) is 0 Å². The highest BCUT2D eigenvalue weighted by molar-refractivity contribution is 9.10. The number of benzene rings is 1. The van der Waals surface area contributed by atoms with E-state index < -0.39 is 8.24 Å². The summed E-state index contributed by atoms with van der Waals surface area (Å²) in [5.41, 5.74) is 2.60. The Bertz CT molecular complexity index is 331. The highest BCUT2D eigenvalue weighted by atomic mass is 79.9. The first-order chi connectivity index (χ1) is 6.32.